The van der Waals surface area contributed by atoms with Gasteiger partial charge in [-0.1, -0.05) is 0 Å². The molecular weight excluding hydrogens is 242 g/mol. The molecule has 0 saturated carbocycles. The topological polar surface area (TPSA) is 49.8 Å². The van der Waals surface area contributed by atoms with E-state index in [4.69, 9.17) is 4.74 Å². The molecule has 0 radical (unpaired) electrons. The number of ether oxygens (including phenoxy) is 1. The Balaban J connectivity index is 2.85. The van der Waals surface area contributed by atoms with Crippen LogP contribution >= 0.6 is 0 Å². The number of nitrogens with zero attached hydrogens (tertiary/aromatic N) is 1. The Hall–Kier alpha value is -1.97. The highest BCUT2D eigenvalue weighted by Gasteiger charge is 2.05. The maximum Gasteiger partial charge on any atom is 0.330 e. The predicted octanol–water partition coefficient (Wildman–Crippen LogP) is 2.81. The molecule has 0 spiro atoms. The summed E-state index contributed by atoms with van der Waals surface area (Å²) >= 11 is 0. The van der Waals surface area contributed by atoms with Crippen LogP contribution in [0.1, 0.15) is 26.3 Å². The summed E-state index contributed by atoms with van der Waals surface area (Å²) in [6, 6.07) is 5.42. The Bertz CT molecular complexity index is 451. The third-order valence-corrected chi connectivity index (χ3v) is 2.83. The van der Waals surface area contributed by atoms with Crippen molar-refractivity contribution in [1.29, 1.82) is 0 Å². The van der Waals surface area contributed by atoms with E-state index in [-0.39, 0.29) is 5.75 Å². The number of hydrogen-bond acceptors (Lipinski definition) is 4. The van der Waals surface area contributed by atoms with Crippen LogP contribution < -0.4 is 4.90 Å². The van der Waals surface area contributed by atoms with Gasteiger partial charge >= 0.3 is 5.97 Å². The number of hydrogen-bond donors (Lipinski definition) is 1. The molecule has 104 valence electrons. The van der Waals surface area contributed by atoms with Gasteiger partial charge in [0.1, 0.15) is 5.75 Å². The largest absolute Gasteiger partial charge is 0.507 e. The lowest BCUT2D eigenvalue weighted by Crippen LogP contribution is -2.21. The zero-order valence-electron chi connectivity index (χ0n) is 11.7. The lowest BCUT2D eigenvalue weighted by molar-refractivity contribution is -0.137. The van der Waals surface area contributed by atoms with Crippen molar-refractivity contribution in [2.45, 2.75) is 20.8 Å². The van der Waals surface area contributed by atoms with Crippen LogP contribution in [0.25, 0.3) is 6.08 Å². The van der Waals surface area contributed by atoms with Gasteiger partial charge in [0, 0.05) is 36.5 Å². The summed E-state index contributed by atoms with van der Waals surface area (Å²) in [7, 11) is 0. The molecule has 1 aromatic carbocycles. The van der Waals surface area contributed by atoms with Crippen molar-refractivity contribution in [2.24, 2.45) is 0 Å². The van der Waals surface area contributed by atoms with Crippen LogP contribution in [0.15, 0.2) is 24.3 Å². The number of anilines is 1. The van der Waals surface area contributed by atoms with Gasteiger partial charge in [-0.2, -0.15) is 0 Å². The fourth-order valence-corrected chi connectivity index (χ4v) is 1.81. The predicted molar refractivity (Wildman–Crippen MR) is 77.3 cm³/mol. The highest BCUT2D eigenvalue weighted by molar-refractivity contribution is 5.87. The van der Waals surface area contributed by atoms with Gasteiger partial charge in [-0.3, -0.25) is 0 Å². The molecule has 19 heavy (non-hydrogen) atoms. The van der Waals surface area contributed by atoms with Gasteiger partial charge in [0.05, 0.1) is 6.61 Å². The average Bonchev–Trinajstić information content (AvgIpc) is 2.39. The van der Waals surface area contributed by atoms with E-state index in [1.54, 1.807) is 25.1 Å². The lowest BCUT2D eigenvalue weighted by atomic mass is 10.1. The van der Waals surface area contributed by atoms with Crippen molar-refractivity contribution in [1.82, 2.24) is 0 Å². The van der Waals surface area contributed by atoms with Crippen LogP contribution in [-0.4, -0.2) is 30.8 Å². The van der Waals surface area contributed by atoms with E-state index in [1.165, 1.54) is 6.08 Å². The molecule has 0 saturated heterocycles. The molecule has 4 nitrogen and oxygen atoms in total. The minimum atomic E-state index is -0.408. The average molecular weight is 263 g/mol. The molecule has 1 aromatic rings. The number of rotatable bonds is 6. The molecule has 0 heterocycles. The van der Waals surface area contributed by atoms with E-state index < -0.39 is 5.97 Å². The summed E-state index contributed by atoms with van der Waals surface area (Å²) in [5.74, 6) is -0.250. The number of esters is 1. The van der Waals surface area contributed by atoms with E-state index in [1.807, 2.05) is 6.07 Å². The second-order valence-electron chi connectivity index (χ2n) is 4.00. The Morgan fingerprint density at radius 3 is 2.53 bits per heavy atom. The van der Waals surface area contributed by atoms with Gasteiger partial charge in [0.25, 0.3) is 0 Å². The monoisotopic (exact) mass is 263 g/mol. The first-order chi connectivity index (χ1) is 9.12. The minimum Gasteiger partial charge on any atom is -0.507 e. The zero-order valence-corrected chi connectivity index (χ0v) is 11.7. The van der Waals surface area contributed by atoms with Crippen LogP contribution in [0.5, 0.6) is 5.75 Å². The van der Waals surface area contributed by atoms with Crippen LogP contribution in [0.2, 0.25) is 0 Å². The molecular formula is C15H21NO3. The molecule has 0 bridgehead atoms. The summed E-state index contributed by atoms with van der Waals surface area (Å²) in [4.78, 5) is 13.3. The van der Waals surface area contributed by atoms with Crippen LogP contribution in [0, 0.1) is 0 Å². The zero-order chi connectivity index (χ0) is 14.3. The third-order valence-electron chi connectivity index (χ3n) is 2.83. The van der Waals surface area contributed by atoms with E-state index in [9.17, 15) is 9.90 Å². The molecule has 0 aliphatic rings. The Kier molecular flexibility index (Phi) is 5.93. The first kappa shape index (κ1) is 15.1. The van der Waals surface area contributed by atoms with Gasteiger partial charge < -0.3 is 14.7 Å². The molecule has 0 fully saturated rings. The normalized spacial score (nSPS) is 10.7. The Labute approximate surface area is 114 Å². The molecule has 0 aromatic heterocycles. The van der Waals surface area contributed by atoms with Crippen LogP contribution in [0.4, 0.5) is 5.69 Å². The van der Waals surface area contributed by atoms with Crippen LogP contribution in [-0.2, 0) is 9.53 Å². The molecule has 0 aliphatic carbocycles. The Morgan fingerprint density at radius 2 is 2.00 bits per heavy atom. The summed E-state index contributed by atoms with van der Waals surface area (Å²) in [5.41, 5.74) is 1.57. The summed E-state index contributed by atoms with van der Waals surface area (Å²) in [5, 5.41) is 9.94. The van der Waals surface area contributed by atoms with Gasteiger partial charge in [0.2, 0.25) is 0 Å². The van der Waals surface area contributed by atoms with Crippen molar-refractivity contribution in [3.63, 3.8) is 0 Å². The number of carbonyl (C=O) groups is 1. The minimum absolute atomic E-state index is 0.157. The highest BCUT2D eigenvalue weighted by Crippen LogP contribution is 2.25. The number of phenolic OH excluding ortho intramolecular Hbond substituents is 1. The van der Waals surface area contributed by atoms with E-state index in [0.29, 0.717) is 12.2 Å². The number of phenols is 1. The first-order valence-electron chi connectivity index (χ1n) is 6.55. The third kappa shape index (κ3) is 4.32. The molecule has 0 unspecified atom stereocenters. The standard InChI is InChI=1S/C15H21NO3/c1-4-16(5-2)13-9-7-12(14(17)11-13)8-10-15(18)19-6-3/h7-11,17H,4-6H2,1-3H3. The number of benzene rings is 1. The Morgan fingerprint density at radius 1 is 1.32 bits per heavy atom. The summed E-state index contributed by atoms with van der Waals surface area (Å²) in [6.45, 7) is 7.99. The van der Waals surface area contributed by atoms with Crippen molar-refractivity contribution in [3.8, 4) is 5.75 Å². The maximum absolute atomic E-state index is 11.2. The molecule has 0 aliphatic heterocycles. The molecule has 1 N–H and O–H groups in total. The maximum atomic E-state index is 11.2. The van der Waals surface area contributed by atoms with Crippen molar-refractivity contribution in [3.05, 3.63) is 29.8 Å². The summed E-state index contributed by atoms with van der Waals surface area (Å²) in [6.07, 6.45) is 2.87. The van der Waals surface area contributed by atoms with Gasteiger partial charge in [-0.15, -0.1) is 0 Å². The first-order valence-corrected chi connectivity index (χ1v) is 6.55. The smallest absolute Gasteiger partial charge is 0.330 e. The molecule has 0 amide bonds. The van der Waals surface area contributed by atoms with Gasteiger partial charge in [-0.25, -0.2) is 4.79 Å². The van der Waals surface area contributed by atoms with Crippen molar-refractivity contribution < 1.29 is 14.6 Å². The quantitative estimate of drug-likeness (QED) is 0.633. The molecule has 1 rings (SSSR count). The summed E-state index contributed by atoms with van der Waals surface area (Å²) < 4.78 is 4.78. The van der Waals surface area contributed by atoms with E-state index >= 15 is 0 Å². The van der Waals surface area contributed by atoms with Crippen molar-refractivity contribution in [2.75, 3.05) is 24.6 Å². The second-order valence-corrected chi connectivity index (χ2v) is 4.00. The second kappa shape index (κ2) is 7.46. The van der Waals surface area contributed by atoms with E-state index in [2.05, 4.69) is 18.7 Å². The molecule has 0 atom stereocenters. The lowest BCUT2D eigenvalue weighted by Gasteiger charge is -2.21. The SMILES string of the molecule is CCOC(=O)C=Cc1ccc(N(CC)CC)cc1O. The fraction of sp³-hybridized carbons (Fsp3) is 0.400. The van der Waals surface area contributed by atoms with Gasteiger partial charge in [0.15, 0.2) is 0 Å². The number of carbonyl (C=O) groups excluding carboxylic acids is 1. The number of aromatic hydroxyl groups is 1. The highest BCUT2D eigenvalue weighted by atomic mass is 16.5. The molecule has 4 heteroatoms. The van der Waals surface area contributed by atoms with Crippen LogP contribution in [0.3, 0.4) is 0 Å². The van der Waals surface area contributed by atoms with E-state index in [0.717, 1.165) is 18.8 Å². The fourth-order valence-electron chi connectivity index (χ4n) is 1.81. The van der Waals surface area contributed by atoms with Gasteiger partial charge in [-0.05, 0) is 39.0 Å². The van der Waals surface area contributed by atoms with Crippen molar-refractivity contribution >= 4 is 17.7 Å².